The van der Waals surface area contributed by atoms with Gasteiger partial charge < -0.3 is 24.4 Å². The molecule has 1 heterocycles. The fourth-order valence-corrected chi connectivity index (χ4v) is 3.33. The Morgan fingerprint density at radius 3 is 2.36 bits per heavy atom. The largest absolute Gasteiger partial charge is 0.493 e. The van der Waals surface area contributed by atoms with Gasteiger partial charge in [0.1, 0.15) is 0 Å². The summed E-state index contributed by atoms with van der Waals surface area (Å²) in [4.78, 5) is 14.6. The first-order chi connectivity index (χ1) is 13.6. The summed E-state index contributed by atoms with van der Waals surface area (Å²) in [7, 11) is 3.10. The SMILES string of the molecule is COc1cccc(OCC(=O)Nc2ccc(N3CCC(C)CC3)cc2)c1OC. The molecule has 28 heavy (non-hydrogen) atoms. The van der Waals surface area contributed by atoms with E-state index in [0.717, 1.165) is 24.7 Å². The highest BCUT2D eigenvalue weighted by Crippen LogP contribution is 2.36. The molecule has 1 aliphatic rings. The van der Waals surface area contributed by atoms with Gasteiger partial charge >= 0.3 is 0 Å². The number of hydrogen-bond acceptors (Lipinski definition) is 5. The predicted octanol–water partition coefficient (Wildman–Crippen LogP) is 3.96. The van der Waals surface area contributed by atoms with Gasteiger partial charge in [-0.25, -0.2) is 0 Å². The molecule has 0 aliphatic carbocycles. The van der Waals surface area contributed by atoms with Crippen molar-refractivity contribution in [3.05, 3.63) is 42.5 Å². The number of hydrogen-bond donors (Lipinski definition) is 1. The second-order valence-electron chi connectivity index (χ2n) is 7.04. The standard InChI is InChI=1S/C22H28N2O4/c1-16-11-13-24(14-12-16)18-9-7-17(8-10-18)23-21(25)15-28-20-6-4-5-19(26-2)22(20)27-3/h4-10,16H,11-15H2,1-3H3,(H,23,25). The van der Waals surface area contributed by atoms with E-state index in [-0.39, 0.29) is 12.5 Å². The van der Waals surface area contributed by atoms with Crippen LogP contribution in [0.1, 0.15) is 19.8 Å². The van der Waals surface area contributed by atoms with E-state index >= 15 is 0 Å². The van der Waals surface area contributed by atoms with Crippen LogP contribution in [0, 0.1) is 5.92 Å². The Balaban J connectivity index is 1.54. The van der Waals surface area contributed by atoms with Gasteiger partial charge in [-0.2, -0.15) is 0 Å². The summed E-state index contributed by atoms with van der Waals surface area (Å²) in [6, 6.07) is 13.3. The summed E-state index contributed by atoms with van der Waals surface area (Å²) in [5.41, 5.74) is 1.95. The third-order valence-corrected chi connectivity index (χ3v) is 5.03. The van der Waals surface area contributed by atoms with Gasteiger partial charge in [0.2, 0.25) is 5.75 Å². The minimum atomic E-state index is -0.232. The third kappa shape index (κ3) is 4.88. The zero-order chi connectivity index (χ0) is 19.9. The van der Waals surface area contributed by atoms with Crippen molar-refractivity contribution in [3.63, 3.8) is 0 Å². The second kappa shape index (κ2) is 9.35. The van der Waals surface area contributed by atoms with Crippen LogP contribution >= 0.6 is 0 Å². The predicted molar refractivity (Wildman–Crippen MR) is 111 cm³/mol. The van der Waals surface area contributed by atoms with E-state index in [9.17, 15) is 4.79 Å². The van der Waals surface area contributed by atoms with Gasteiger partial charge in [-0.3, -0.25) is 4.79 Å². The molecule has 1 amide bonds. The van der Waals surface area contributed by atoms with Gasteiger partial charge in [-0.1, -0.05) is 13.0 Å². The molecule has 0 bridgehead atoms. The van der Waals surface area contributed by atoms with Crippen LogP contribution in [0.5, 0.6) is 17.2 Å². The number of amides is 1. The highest BCUT2D eigenvalue weighted by molar-refractivity contribution is 5.92. The van der Waals surface area contributed by atoms with Crippen LogP contribution in [0.3, 0.4) is 0 Å². The number of rotatable bonds is 7. The number of anilines is 2. The first-order valence-electron chi connectivity index (χ1n) is 9.59. The molecule has 1 aliphatic heterocycles. The van der Waals surface area contributed by atoms with Crippen molar-refractivity contribution in [2.24, 2.45) is 5.92 Å². The maximum atomic E-state index is 12.2. The normalized spacial score (nSPS) is 14.5. The van der Waals surface area contributed by atoms with E-state index in [1.165, 1.54) is 25.6 Å². The number of carbonyl (C=O) groups is 1. The molecule has 3 rings (SSSR count). The van der Waals surface area contributed by atoms with Gasteiger partial charge in [0.25, 0.3) is 5.91 Å². The van der Waals surface area contributed by atoms with Crippen molar-refractivity contribution in [3.8, 4) is 17.2 Å². The van der Waals surface area contributed by atoms with Crippen molar-refractivity contribution in [2.75, 3.05) is 44.1 Å². The lowest BCUT2D eigenvalue weighted by Crippen LogP contribution is -2.32. The summed E-state index contributed by atoms with van der Waals surface area (Å²) in [5.74, 6) is 2.07. The minimum absolute atomic E-state index is 0.116. The highest BCUT2D eigenvalue weighted by atomic mass is 16.5. The summed E-state index contributed by atoms with van der Waals surface area (Å²) in [5, 5.41) is 2.86. The summed E-state index contributed by atoms with van der Waals surface area (Å²) < 4.78 is 16.2. The van der Waals surface area contributed by atoms with E-state index in [0.29, 0.717) is 17.2 Å². The number of carbonyl (C=O) groups excluding carboxylic acids is 1. The average molecular weight is 384 g/mol. The van der Waals surface area contributed by atoms with Crippen molar-refractivity contribution in [2.45, 2.75) is 19.8 Å². The number of nitrogens with zero attached hydrogens (tertiary/aromatic N) is 1. The first kappa shape index (κ1) is 19.9. The Labute approximate surface area is 166 Å². The summed E-state index contributed by atoms with van der Waals surface area (Å²) in [6.07, 6.45) is 2.45. The maximum absolute atomic E-state index is 12.2. The third-order valence-electron chi connectivity index (χ3n) is 5.03. The Bertz CT molecular complexity index is 784. The van der Waals surface area contributed by atoms with Crippen molar-refractivity contribution in [1.29, 1.82) is 0 Å². The average Bonchev–Trinajstić information content (AvgIpc) is 2.73. The topological polar surface area (TPSA) is 60.0 Å². The molecule has 1 N–H and O–H groups in total. The monoisotopic (exact) mass is 384 g/mol. The van der Waals surface area contributed by atoms with E-state index in [1.54, 1.807) is 25.3 Å². The minimum Gasteiger partial charge on any atom is -0.493 e. The Hall–Kier alpha value is -2.89. The zero-order valence-electron chi connectivity index (χ0n) is 16.7. The molecular formula is C22H28N2O4. The molecule has 0 unspecified atom stereocenters. The fourth-order valence-electron chi connectivity index (χ4n) is 3.33. The van der Waals surface area contributed by atoms with Crippen LogP contribution in [0.4, 0.5) is 11.4 Å². The van der Waals surface area contributed by atoms with Crippen LogP contribution in [0.15, 0.2) is 42.5 Å². The van der Waals surface area contributed by atoms with Crippen LogP contribution in [0.25, 0.3) is 0 Å². The van der Waals surface area contributed by atoms with Crippen LogP contribution in [-0.2, 0) is 4.79 Å². The molecule has 1 saturated heterocycles. The Morgan fingerprint density at radius 1 is 1.04 bits per heavy atom. The number of nitrogens with one attached hydrogen (secondary N) is 1. The molecule has 0 atom stereocenters. The van der Waals surface area contributed by atoms with E-state index < -0.39 is 0 Å². The summed E-state index contributed by atoms with van der Waals surface area (Å²) in [6.45, 7) is 4.36. The van der Waals surface area contributed by atoms with Crippen LogP contribution in [0.2, 0.25) is 0 Å². The van der Waals surface area contributed by atoms with Crippen LogP contribution < -0.4 is 24.4 Å². The van der Waals surface area contributed by atoms with Crippen LogP contribution in [-0.4, -0.2) is 39.8 Å². The fraction of sp³-hybridized carbons (Fsp3) is 0.409. The number of ether oxygens (including phenoxy) is 3. The number of benzene rings is 2. The van der Waals surface area contributed by atoms with E-state index in [1.807, 2.05) is 12.1 Å². The smallest absolute Gasteiger partial charge is 0.262 e. The van der Waals surface area contributed by atoms with Gasteiger partial charge in [0.15, 0.2) is 18.1 Å². The lowest BCUT2D eigenvalue weighted by Gasteiger charge is -2.32. The molecule has 2 aromatic rings. The molecule has 0 spiro atoms. The first-order valence-corrected chi connectivity index (χ1v) is 9.59. The van der Waals surface area contributed by atoms with Crippen molar-refractivity contribution < 1.29 is 19.0 Å². The molecule has 6 nitrogen and oxygen atoms in total. The molecule has 150 valence electrons. The van der Waals surface area contributed by atoms with Crippen molar-refractivity contribution >= 4 is 17.3 Å². The zero-order valence-corrected chi connectivity index (χ0v) is 16.7. The van der Waals surface area contributed by atoms with E-state index in [4.69, 9.17) is 14.2 Å². The highest BCUT2D eigenvalue weighted by Gasteiger charge is 2.16. The summed E-state index contributed by atoms with van der Waals surface area (Å²) >= 11 is 0. The van der Waals surface area contributed by atoms with Gasteiger partial charge in [-0.15, -0.1) is 0 Å². The number of para-hydroxylation sites is 1. The maximum Gasteiger partial charge on any atom is 0.262 e. The van der Waals surface area contributed by atoms with Gasteiger partial charge in [0.05, 0.1) is 14.2 Å². The Morgan fingerprint density at radius 2 is 1.71 bits per heavy atom. The lowest BCUT2D eigenvalue weighted by molar-refractivity contribution is -0.118. The Kier molecular flexibility index (Phi) is 6.63. The van der Waals surface area contributed by atoms with Gasteiger partial charge in [-0.05, 0) is 55.2 Å². The molecular weight excluding hydrogens is 356 g/mol. The molecule has 0 radical (unpaired) electrons. The van der Waals surface area contributed by atoms with E-state index in [2.05, 4.69) is 29.3 Å². The molecule has 0 saturated carbocycles. The molecule has 2 aromatic carbocycles. The van der Waals surface area contributed by atoms with Crippen molar-refractivity contribution in [1.82, 2.24) is 0 Å². The molecule has 0 aromatic heterocycles. The lowest BCUT2D eigenvalue weighted by atomic mass is 9.99. The molecule has 6 heteroatoms. The van der Waals surface area contributed by atoms with Gasteiger partial charge in [0, 0.05) is 24.5 Å². The number of methoxy groups -OCH3 is 2. The second-order valence-corrected chi connectivity index (χ2v) is 7.04. The molecule has 1 fully saturated rings. The number of piperidine rings is 1. The quantitative estimate of drug-likeness (QED) is 0.783.